The van der Waals surface area contributed by atoms with Crippen LogP contribution in [-0.4, -0.2) is 162 Å². The zero-order valence-electron chi connectivity index (χ0n) is 44.8. The van der Waals surface area contributed by atoms with Crippen LogP contribution in [0.15, 0.2) is 6.33 Å². The lowest BCUT2D eigenvalue weighted by Gasteiger charge is -2.32. The van der Waals surface area contributed by atoms with Gasteiger partial charge in [-0.05, 0) is 77.6 Å². The van der Waals surface area contributed by atoms with E-state index in [-0.39, 0.29) is 109 Å². The minimum atomic E-state index is -0.342. The highest BCUT2D eigenvalue weighted by atomic mass is 16.5. The third-order valence-electron chi connectivity index (χ3n) is 12.1. The van der Waals surface area contributed by atoms with Gasteiger partial charge >= 0.3 is 0 Å². The summed E-state index contributed by atoms with van der Waals surface area (Å²) in [7, 11) is 4.80. The minimum absolute atomic E-state index is 0.0110. The molecule has 2 aromatic heterocycles. The SMILES string of the molecule is CCCC(O)CCC(CCC)OCc1ncnc(N(COC)CN(COC)c2nc(N(CCO)COC(CC)CCCCC(O)CC)nc(N(COC)COC(CCC)CCCCCCC(C)O)n2)n1. The highest BCUT2D eigenvalue weighted by Gasteiger charge is 2.25. The fraction of sp³-hybridized carbons (Fsp3) is 0.880. The van der Waals surface area contributed by atoms with Crippen molar-refractivity contribution in [3.05, 3.63) is 12.2 Å². The molecule has 0 spiro atoms. The van der Waals surface area contributed by atoms with E-state index in [0.717, 1.165) is 122 Å². The maximum Gasteiger partial charge on any atom is 0.235 e. The Labute approximate surface area is 421 Å². The topological polar surface area (TPSA) is 227 Å². The molecular weight excluding hydrogens is 901 g/mol. The molecule has 0 saturated heterocycles. The van der Waals surface area contributed by atoms with Gasteiger partial charge in [-0.25, -0.2) is 9.97 Å². The fourth-order valence-electron chi connectivity index (χ4n) is 8.03. The zero-order valence-corrected chi connectivity index (χ0v) is 44.8. The first kappa shape index (κ1) is 62.9. The van der Waals surface area contributed by atoms with Gasteiger partial charge in [0.2, 0.25) is 23.8 Å². The van der Waals surface area contributed by atoms with Crippen LogP contribution in [0.2, 0.25) is 0 Å². The maximum atomic E-state index is 10.4. The summed E-state index contributed by atoms with van der Waals surface area (Å²) < 4.78 is 36.6. The second-order valence-electron chi connectivity index (χ2n) is 18.4. The van der Waals surface area contributed by atoms with Crippen LogP contribution < -0.4 is 19.6 Å². The molecule has 70 heavy (non-hydrogen) atoms. The number of aromatic nitrogens is 6. The van der Waals surface area contributed by atoms with Crippen molar-refractivity contribution in [3.63, 3.8) is 0 Å². The molecule has 0 radical (unpaired) electrons. The summed E-state index contributed by atoms with van der Waals surface area (Å²) >= 11 is 0. The van der Waals surface area contributed by atoms with Crippen LogP contribution in [0.4, 0.5) is 23.8 Å². The molecule has 0 bridgehead atoms. The van der Waals surface area contributed by atoms with E-state index in [9.17, 15) is 20.4 Å². The van der Waals surface area contributed by atoms with Gasteiger partial charge in [-0.15, -0.1) is 0 Å². The van der Waals surface area contributed by atoms with Crippen LogP contribution in [0, 0.1) is 0 Å². The van der Waals surface area contributed by atoms with Gasteiger partial charge in [-0.1, -0.05) is 92.4 Å². The van der Waals surface area contributed by atoms with Gasteiger partial charge < -0.3 is 53.7 Å². The summed E-state index contributed by atoms with van der Waals surface area (Å²) in [4.78, 5) is 36.0. The van der Waals surface area contributed by atoms with E-state index < -0.39 is 0 Å². The van der Waals surface area contributed by atoms with Crippen LogP contribution in [0.1, 0.15) is 176 Å². The molecule has 0 aliphatic rings. The summed E-state index contributed by atoms with van der Waals surface area (Å²) in [6, 6.07) is 0. The Hall–Kier alpha value is -3.18. The van der Waals surface area contributed by atoms with Crippen LogP contribution in [0.3, 0.4) is 0 Å². The largest absolute Gasteiger partial charge is 0.395 e. The molecule has 0 fully saturated rings. The smallest absolute Gasteiger partial charge is 0.235 e. The van der Waals surface area contributed by atoms with Crippen LogP contribution in [0.25, 0.3) is 0 Å². The number of nitrogens with zero attached hydrogens (tertiary/aromatic N) is 10. The number of methoxy groups -OCH3 is 3. The van der Waals surface area contributed by atoms with Crippen molar-refractivity contribution in [2.45, 2.75) is 213 Å². The maximum absolute atomic E-state index is 10.4. The van der Waals surface area contributed by atoms with Crippen LogP contribution in [-0.2, 0) is 35.0 Å². The Morgan fingerprint density at radius 3 is 1.61 bits per heavy atom. The molecular formula is C50H96N10O10. The normalized spacial score (nSPS) is 14.3. The Kier molecular flexibility index (Phi) is 35.4. The van der Waals surface area contributed by atoms with Crippen molar-refractivity contribution in [1.82, 2.24) is 29.9 Å². The van der Waals surface area contributed by atoms with Crippen molar-refractivity contribution >= 4 is 23.8 Å². The number of aliphatic hydroxyl groups is 4. The van der Waals surface area contributed by atoms with E-state index in [1.54, 1.807) is 26.2 Å². The van der Waals surface area contributed by atoms with Crippen LogP contribution in [0.5, 0.6) is 0 Å². The Morgan fingerprint density at radius 2 is 1.01 bits per heavy atom. The number of ether oxygens (including phenoxy) is 6. The molecule has 6 atom stereocenters. The molecule has 20 heteroatoms. The monoisotopic (exact) mass is 997 g/mol. The second-order valence-corrected chi connectivity index (χ2v) is 18.4. The number of hydrogen-bond acceptors (Lipinski definition) is 20. The van der Waals surface area contributed by atoms with Crippen molar-refractivity contribution < 1.29 is 48.8 Å². The first-order chi connectivity index (χ1) is 34.0. The van der Waals surface area contributed by atoms with Gasteiger partial charge in [0.25, 0.3) is 0 Å². The van der Waals surface area contributed by atoms with E-state index in [1.807, 2.05) is 28.5 Å². The third-order valence-corrected chi connectivity index (χ3v) is 12.1. The number of rotatable bonds is 46. The molecule has 0 saturated carbocycles. The molecule has 406 valence electrons. The molecule has 0 aliphatic heterocycles. The standard InChI is InChI=1S/C50H96N10O10/c1-10-21-42(64)28-29-45(23-12-3)68-32-46-51-33-52-47(53-46)58(35-65-7)34-59(36-66-8)49-54-48(57(30-31-61)38-69-43(14-5)26-20-19-25-41(63)13-4)55-50(56-49)60(37-67-9)39-70-44(22-11-2)27-18-16-15-17-24-40(6)62/h33,40-45,61-64H,10-32,34-39H2,1-9H3. The molecule has 0 amide bonds. The number of unbranched alkanes of at least 4 members (excludes halogenated alkanes) is 4. The summed E-state index contributed by atoms with van der Waals surface area (Å²) in [6.45, 7) is 13.1. The fourth-order valence-corrected chi connectivity index (χ4v) is 8.03. The quantitative estimate of drug-likeness (QED) is 0.0376. The Bertz CT molecular complexity index is 1560. The molecule has 2 heterocycles. The van der Waals surface area contributed by atoms with Gasteiger partial charge in [-0.2, -0.15) is 19.9 Å². The molecule has 20 nitrogen and oxygen atoms in total. The van der Waals surface area contributed by atoms with E-state index in [1.165, 1.54) is 6.33 Å². The van der Waals surface area contributed by atoms with Gasteiger partial charge in [0, 0.05) is 27.9 Å². The van der Waals surface area contributed by atoms with Gasteiger partial charge in [-0.3, -0.25) is 14.7 Å². The summed E-state index contributed by atoms with van der Waals surface area (Å²) in [5.41, 5.74) is 0. The lowest BCUT2D eigenvalue weighted by atomic mass is 10.0. The first-order valence-corrected chi connectivity index (χ1v) is 26.4. The van der Waals surface area contributed by atoms with Crippen LogP contribution >= 0.6 is 0 Å². The Balaban J connectivity index is 2.55. The highest BCUT2D eigenvalue weighted by molar-refractivity contribution is 5.47. The van der Waals surface area contributed by atoms with E-state index >= 15 is 0 Å². The predicted molar refractivity (Wildman–Crippen MR) is 274 cm³/mol. The average molecular weight is 997 g/mol. The van der Waals surface area contributed by atoms with Gasteiger partial charge in [0.15, 0.2) is 5.82 Å². The van der Waals surface area contributed by atoms with E-state index in [2.05, 4.69) is 37.7 Å². The van der Waals surface area contributed by atoms with Gasteiger partial charge in [0.1, 0.15) is 53.3 Å². The third kappa shape index (κ3) is 26.5. The molecule has 6 unspecified atom stereocenters. The van der Waals surface area contributed by atoms with Crippen molar-refractivity contribution in [1.29, 1.82) is 0 Å². The van der Waals surface area contributed by atoms with E-state index in [0.29, 0.717) is 24.1 Å². The molecule has 2 aromatic rings. The summed E-state index contributed by atoms with van der Waals surface area (Å²) in [6.07, 6.45) is 18.1. The number of hydrogen-bond donors (Lipinski definition) is 4. The van der Waals surface area contributed by atoms with Gasteiger partial charge in [0.05, 0.1) is 43.2 Å². The Morgan fingerprint density at radius 1 is 0.486 bits per heavy atom. The minimum Gasteiger partial charge on any atom is -0.395 e. The van der Waals surface area contributed by atoms with Crippen molar-refractivity contribution in [2.24, 2.45) is 0 Å². The molecule has 0 aromatic carbocycles. The van der Waals surface area contributed by atoms with E-state index in [4.69, 9.17) is 48.4 Å². The predicted octanol–water partition coefficient (Wildman–Crippen LogP) is 7.32. The average Bonchev–Trinajstić information content (AvgIpc) is 3.35. The number of anilines is 4. The lowest BCUT2D eigenvalue weighted by Crippen LogP contribution is -2.43. The van der Waals surface area contributed by atoms with Crippen molar-refractivity contribution in [3.8, 4) is 0 Å². The molecule has 4 N–H and O–H groups in total. The van der Waals surface area contributed by atoms with Crippen molar-refractivity contribution in [2.75, 3.05) is 94.4 Å². The zero-order chi connectivity index (χ0) is 51.4. The summed E-state index contributed by atoms with van der Waals surface area (Å²) in [5.74, 6) is 1.64. The summed E-state index contributed by atoms with van der Waals surface area (Å²) in [5, 5.41) is 40.5. The molecule has 2 rings (SSSR count). The second kappa shape index (κ2) is 39.4. The lowest BCUT2D eigenvalue weighted by molar-refractivity contribution is 0.0143. The highest BCUT2D eigenvalue weighted by Crippen LogP contribution is 2.24. The first-order valence-electron chi connectivity index (χ1n) is 26.4. The molecule has 0 aliphatic carbocycles. The number of aliphatic hydroxyl groups excluding tert-OH is 4.